The summed E-state index contributed by atoms with van der Waals surface area (Å²) in [4.78, 5) is 3.91. The number of nitrogens with zero attached hydrogens (tertiary/aromatic N) is 1. The summed E-state index contributed by atoms with van der Waals surface area (Å²) >= 11 is 5.61. The Labute approximate surface area is 82.2 Å². The van der Waals surface area contributed by atoms with Crippen LogP contribution in [0, 0.1) is 5.41 Å². The van der Waals surface area contributed by atoms with E-state index in [1.165, 1.54) is 0 Å². The maximum Gasteiger partial charge on any atom is 0.184 e. The summed E-state index contributed by atoms with van der Waals surface area (Å²) in [6.45, 7) is 2.38. The molecule has 1 aromatic heterocycles. The van der Waals surface area contributed by atoms with Crippen LogP contribution in [0.25, 0.3) is 0 Å². The van der Waals surface area contributed by atoms with Crippen molar-refractivity contribution in [2.75, 3.05) is 6.61 Å². The molecule has 4 heteroatoms. The third-order valence-corrected chi connectivity index (χ3v) is 1.70. The summed E-state index contributed by atoms with van der Waals surface area (Å²) in [7, 11) is 0. The molecule has 0 aliphatic rings. The molecule has 0 aliphatic carbocycles. The molecule has 3 nitrogen and oxygen atoms in total. The fraction of sp³-hybridized carbons (Fsp3) is 0.333. The normalized spacial score (nSPS) is 9.69. The quantitative estimate of drug-likeness (QED) is 0.460. The van der Waals surface area contributed by atoms with E-state index in [1.807, 2.05) is 13.0 Å². The van der Waals surface area contributed by atoms with E-state index in [0.717, 1.165) is 5.56 Å². The van der Waals surface area contributed by atoms with Crippen LogP contribution in [0.2, 0.25) is 5.15 Å². The van der Waals surface area contributed by atoms with Gasteiger partial charge in [0, 0.05) is 12.6 Å². The highest BCUT2D eigenvalue weighted by molar-refractivity contribution is 6.29. The summed E-state index contributed by atoms with van der Waals surface area (Å²) < 4.78 is 5.00. The van der Waals surface area contributed by atoms with Crippen molar-refractivity contribution in [1.29, 1.82) is 5.41 Å². The van der Waals surface area contributed by atoms with Gasteiger partial charge in [-0.25, -0.2) is 4.98 Å². The van der Waals surface area contributed by atoms with Gasteiger partial charge in [-0.2, -0.15) is 0 Å². The lowest BCUT2D eigenvalue weighted by Crippen LogP contribution is -2.06. The molecule has 0 aromatic carbocycles. The van der Waals surface area contributed by atoms with Gasteiger partial charge in [-0.15, -0.1) is 0 Å². The topological polar surface area (TPSA) is 46.0 Å². The van der Waals surface area contributed by atoms with Gasteiger partial charge in [-0.1, -0.05) is 17.7 Å². The average molecular weight is 199 g/mol. The van der Waals surface area contributed by atoms with Crippen LogP contribution >= 0.6 is 11.6 Å². The van der Waals surface area contributed by atoms with E-state index in [0.29, 0.717) is 18.2 Å². The second-order valence-electron chi connectivity index (χ2n) is 2.52. The molecule has 0 atom stereocenters. The predicted octanol–water partition coefficient (Wildman–Crippen LogP) is 2.29. The van der Waals surface area contributed by atoms with E-state index in [1.54, 1.807) is 12.3 Å². The van der Waals surface area contributed by atoms with Gasteiger partial charge in [-0.3, -0.25) is 5.41 Å². The van der Waals surface area contributed by atoms with E-state index in [2.05, 4.69) is 4.98 Å². The van der Waals surface area contributed by atoms with Crippen molar-refractivity contribution in [2.24, 2.45) is 0 Å². The van der Waals surface area contributed by atoms with Crippen LogP contribution < -0.4 is 0 Å². The molecule has 13 heavy (non-hydrogen) atoms. The van der Waals surface area contributed by atoms with Crippen molar-refractivity contribution >= 4 is 17.5 Å². The largest absolute Gasteiger partial charge is 0.481 e. The minimum atomic E-state index is 0.256. The molecule has 1 aromatic rings. The number of halogens is 1. The van der Waals surface area contributed by atoms with Crippen LogP contribution in [0.3, 0.4) is 0 Å². The van der Waals surface area contributed by atoms with E-state index in [9.17, 15) is 0 Å². The standard InChI is InChI=1S/C9H11ClN2O/c1-2-13-9(11)5-7-3-4-8(10)12-6-7/h3-4,6,11H,2,5H2,1H3. The Kier molecular flexibility index (Phi) is 3.71. The molecule has 0 saturated carbocycles. The minimum absolute atomic E-state index is 0.256. The summed E-state index contributed by atoms with van der Waals surface area (Å²) in [6.07, 6.45) is 2.12. The van der Waals surface area contributed by atoms with Crippen LogP contribution in [0.15, 0.2) is 18.3 Å². The van der Waals surface area contributed by atoms with Gasteiger partial charge >= 0.3 is 0 Å². The molecule has 1 N–H and O–H groups in total. The maximum atomic E-state index is 7.40. The Bertz CT molecular complexity index is 284. The Balaban J connectivity index is 2.54. The van der Waals surface area contributed by atoms with Gasteiger partial charge in [-0.05, 0) is 18.6 Å². The number of nitrogens with one attached hydrogen (secondary N) is 1. The van der Waals surface area contributed by atoms with Crippen LogP contribution in [0.1, 0.15) is 12.5 Å². The fourth-order valence-electron chi connectivity index (χ4n) is 0.922. The van der Waals surface area contributed by atoms with Gasteiger partial charge in [0.25, 0.3) is 0 Å². The summed E-state index contributed by atoms with van der Waals surface area (Å²) in [5.41, 5.74) is 0.933. The fourth-order valence-corrected chi connectivity index (χ4v) is 1.03. The molecule has 1 heterocycles. The first-order chi connectivity index (χ1) is 6.22. The number of aromatic nitrogens is 1. The monoisotopic (exact) mass is 198 g/mol. The molecule has 0 amide bonds. The first kappa shape index (κ1) is 9.99. The first-order valence-electron chi connectivity index (χ1n) is 4.03. The van der Waals surface area contributed by atoms with E-state index >= 15 is 0 Å². The minimum Gasteiger partial charge on any atom is -0.481 e. The summed E-state index contributed by atoms with van der Waals surface area (Å²) in [6, 6.07) is 3.54. The molecule has 70 valence electrons. The summed E-state index contributed by atoms with van der Waals surface area (Å²) in [5.74, 6) is 0.256. The number of ether oxygens (including phenoxy) is 1. The van der Waals surface area contributed by atoms with E-state index in [-0.39, 0.29) is 5.90 Å². The number of hydrogen-bond donors (Lipinski definition) is 1. The third kappa shape index (κ3) is 3.42. The van der Waals surface area contributed by atoms with Gasteiger partial charge in [0.1, 0.15) is 5.15 Å². The van der Waals surface area contributed by atoms with Crippen LogP contribution in [-0.4, -0.2) is 17.5 Å². The van der Waals surface area contributed by atoms with Crippen molar-refractivity contribution in [3.05, 3.63) is 29.0 Å². The van der Waals surface area contributed by atoms with Crippen LogP contribution in [-0.2, 0) is 11.2 Å². The van der Waals surface area contributed by atoms with Crippen molar-refractivity contribution in [2.45, 2.75) is 13.3 Å². The Hall–Kier alpha value is -1.09. The second kappa shape index (κ2) is 4.82. The summed E-state index contributed by atoms with van der Waals surface area (Å²) in [5, 5.41) is 7.86. The highest BCUT2D eigenvalue weighted by Crippen LogP contribution is 2.06. The van der Waals surface area contributed by atoms with Crippen LogP contribution in [0.5, 0.6) is 0 Å². The van der Waals surface area contributed by atoms with E-state index in [4.69, 9.17) is 21.7 Å². The zero-order chi connectivity index (χ0) is 9.68. The van der Waals surface area contributed by atoms with Gasteiger partial charge < -0.3 is 4.74 Å². The molecule has 0 unspecified atom stereocenters. The molecular formula is C9H11ClN2O. The zero-order valence-corrected chi connectivity index (χ0v) is 8.14. The smallest absolute Gasteiger partial charge is 0.184 e. The van der Waals surface area contributed by atoms with Gasteiger partial charge in [0.05, 0.1) is 6.61 Å². The number of hydrogen-bond acceptors (Lipinski definition) is 3. The zero-order valence-electron chi connectivity index (χ0n) is 7.38. The van der Waals surface area contributed by atoms with Gasteiger partial charge in [0.2, 0.25) is 0 Å². The van der Waals surface area contributed by atoms with Crippen molar-refractivity contribution in [3.8, 4) is 0 Å². The number of rotatable bonds is 3. The SMILES string of the molecule is CCOC(=N)Cc1ccc(Cl)nc1. The molecule has 0 saturated heterocycles. The Morgan fingerprint density at radius 2 is 2.38 bits per heavy atom. The number of pyridine rings is 1. The van der Waals surface area contributed by atoms with E-state index < -0.39 is 0 Å². The van der Waals surface area contributed by atoms with Gasteiger partial charge in [0.15, 0.2) is 5.90 Å². The van der Waals surface area contributed by atoms with Crippen LogP contribution in [0.4, 0.5) is 0 Å². The predicted molar refractivity (Wildman–Crippen MR) is 52.3 cm³/mol. The molecule has 0 aliphatic heterocycles. The lowest BCUT2D eigenvalue weighted by atomic mass is 10.2. The second-order valence-corrected chi connectivity index (χ2v) is 2.91. The molecule has 1 rings (SSSR count). The molecule has 0 spiro atoms. The lowest BCUT2D eigenvalue weighted by Gasteiger charge is -2.03. The highest BCUT2D eigenvalue weighted by Gasteiger charge is 1.99. The third-order valence-electron chi connectivity index (χ3n) is 1.47. The lowest BCUT2D eigenvalue weighted by molar-refractivity contribution is 0.317. The maximum absolute atomic E-state index is 7.40. The average Bonchev–Trinajstić information content (AvgIpc) is 2.09. The first-order valence-corrected chi connectivity index (χ1v) is 4.41. The Morgan fingerprint density at radius 3 is 2.92 bits per heavy atom. The molecule has 0 fully saturated rings. The molecule has 0 bridgehead atoms. The molecule has 0 radical (unpaired) electrons. The van der Waals surface area contributed by atoms with Crippen molar-refractivity contribution < 1.29 is 4.74 Å². The van der Waals surface area contributed by atoms with Crippen molar-refractivity contribution in [3.63, 3.8) is 0 Å². The highest BCUT2D eigenvalue weighted by atomic mass is 35.5. The van der Waals surface area contributed by atoms with Crippen molar-refractivity contribution in [1.82, 2.24) is 4.98 Å². The Morgan fingerprint density at radius 1 is 1.62 bits per heavy atom. The molecular weight excluding hydrogens is 188 g/mol.